The van der Waals surface area contributed by atoms with Gasteiger partial charge in [-0.1, -0.05) is 36.4 Å². The first-order valence-corrected chi connectivity index (χ1v) is 11.6. The van der Waals surface area contributed by atoms with Crippen molar-refractivity contribution in [2.45, 2.75) is 43.2 Å². The van der Waals surface area contributed by atoms with E-state index >= 15 is 0 Å². The molecule has 1 aliphatic heterocycles. The van der Waals surface area contributed by atoms with Crippen LogP contribution in [0.3, 0.4) is 0 Å². The summed E-state index contributed by atoms with van der Waals surface area (Å²) in [5.74, 6) is -1.24. The molecule has 1 fully saturated rings. The minimum absolute atomic E-state index is 0.0271. The van der Waals surface area contributed by atoms with E-state index in [0.29, 0.717) is 18.4 Å². The molecule has 0 aromatic heterocycles. The maximum absolute atomic E-state index is 14.0. The number of halogens is 1. The minimum atomic E-state index is -3.57. The molecule has 2 aromatic rings. The number of nitrogens with one attached hydrogen (secondary N) is 2. The SMILES string of the molecule is CC(=O)N[C@H](Cc1ccccc1F)C(=O)NC1CCN(S(=O)(=O)c2ccccc2)CC1. The van der Waals surface area contributed by atoms with Gasteiger partial charge in [-0.25, -0.2) is 12.8 Å². The van der Waals surface area contributed by atoms with Crippen molar-refractivity contribution in [2.24, 2.45) is 0 Å². The topological polar surface area (TPSA) is 95.6 Å². The van der Waals surface area contributed by atoms with Crippen LogP contribution in [-0.2, 0) is 26.0 Å². The molecule has 3 rings (SSSR count). The Bertz CT molecular complexity index is 1020. The average Bonchev–Trinajstić information content (AvgIpc) is 2.75. The molecule has 1 heterocycles. The second-order valence-corrected chi connectivity index (χ2v) is 9.49. The van der Waals surface area contributed by atoms with Gasteiger partial charge in [0, 0.05) is 32.5 Å². The number of hydrogen-bond acceptors (Lipinski definition) is 4. The molecule has 2 amide bonds. The Balaban J connectivity index is 1.60. The van der Waals surface area contributed by atoms with Gasteiger partial charge in [0.2, 0.25) is 21.8 Å². The number of amides is 2. The molecule has 7 nitrogen and oxygen atoms in total. The summed E-state index contributed by atoms with van der Waals surface area (Å²) in [4.78, 5) is 24.6. The number of carbonyl (C=O) groups is 2. The Hall–Kier alpha value is -2.78. The van der Waals surface area contributed by atoms with Crippen molar-refractivity contribution in [3.8, 4) is 0 Å². The third-order valence-electron chi connectivity index (χ3n) is 5.26. The van der Waals surface area contributed by atoms with E-state index in [1.807, 2.05) is 0 Å². The van der Waals surface area contributed by atoms with Gasteiger partial charge in [0.05, 0.1) is 4.90 Å². The molecular weight excluding hydrogens is 421 g/mol. The molecule has 0 radical (unpaired) electrons. The van der Waals surface area contributed by atoms with Crippen molar-refractivity contribution in [1.29, 1.82) is 0 Å². The summed E-state index contributed by atoms with van der Waals surface area (Å²) >= 11 is 0. The van der Waals surface area contributed by atoms with E-state index in [2.05, 4.69) is 10.6 Å². The van der Waals surface area contributed by atoms with Crippen LogP contribution in [-0.4, -0.2) is 49.7 Å². The molecule has 0 saturated carbocycles. The first-order chi connectivity index (χ1) is 14.8. The van der Waals surface area contributed by atoms with Gasteiger partial charge in [0.15, 0.2) is 0 Å². The third-order valence-corrected chi connectivity index (χ3v) is 7.17. The predicted octanol–water partition coefficient (Wildman–Crippen LogP) is 1.84. The van der Waals surface area contributed by atoms with E-state index in [-0.39, 0.29) is 36.4 Å². The van der Waals surface area contributed by atoms with Crippen LogP contribution in [0.25, 0.3) is 0 Å². The molecule has 0 spiro atoms. The Morgan fingerprint density at radius 2 is 1.68 bits per heavy atom. The highest BCUT2D eigenvalue weighted by Gasteiger charge is 2.31. The summed E-state index contributed by atoms with van der Waals surface area (Å²) in [5.41, 5.74) is 0.333. The maximum Gasteiger partial charge on any atom is 0.243 e. The number of hydrogen-bond donors (Lipinski definition) is 2. The maximum atomic E-state index is 14.0. The van der Waals surface area contributed by atoms with Crippen molar-refractivity contribution in [3.05, 3.63) is 66.0 Å². The molecule has 2 aromatic carbocycles. The Morgan fingerprint density at radius 1 is 1.06 bits per heavy atom. The Morgan fingerprint density at radius 3 is 2.29 bits per heavy atom. The largest absolute Gasteiger partial charge is 0.351 e. The molecule has 0 aliphatic carbocycles. The lowest BCUT2D eigenvalue weighted by Crippen LogP contribution is -2.53. The quantitative estimate of drug-likeness (QED) is 0.677. The van der Waals surface area contributed by atoms with Gasteiger partial charge < -0.3 is 10.6 Å². The molecule has 1 saturated heterocycles. The van der Waals surface area contributed by atoms with Crippen LogP contribution in [0, 0.1) is 5.82 Å². The lowest BCUT2D eigenvalue weighted by atomic mass is 10.0. The van der Waals surface area contributed by atoms with Gasteiger partial charge in [-0.05, 0) is 36.6 Å². The standard InChI is InChI=1S/C22H26FN3O4S/c1-16(27)24-21(15-17-7-5-6-10-20(17)23)22(28)25-18-11-13-26(14-12-18)31(29,30)19-8-3-2-4-9-19/h2-10,18,21H,11-15H2,1H3,(H,24,27)(H,25,28)/t21-/m1/s1. The van der Waals surface area contributed by atoms with Gasteiger partial charge in [-0.3, -0.25) is 9.59 Å². The predicted molar refractivity (Wildman–Crippen MR) is 114 cm³/mol. The van der Waals surface area contributed by atoms with Crippen LogP contribution in [0.4, 0.5) is 4.39 Å². The van der Waals surface area contributed by atoms with Crippen LogP contribution in [0.15, 0.2) is 59.5 Å². The van der Waals surface area contributed by atoms with E-state index in [9.17, 15) is 22.4 Å². The Kier molecular flexibility index (Phi) is 7.40. The normalized spacial score (nSPS) is 16.5. The van der Waals surface area contributed by atoms with Gasteiger partial charge in [-0.15, -0.1) is 0 Å². The number of nitrogens with zero attached hydrogens (tertiary/aromatic N) is 1. The van der Waals surface area contributed by atoms with E-state index in [0.717, 1.165) is 0 Å². The van der Waals surface area contributed by atoms with Crippen LogP contribution >= 0.6 is 0 Å². The summed E-state index contributed by atoms with van der Waals surface area (Å²) in [6, 6.07) is 13.2. The zero-order chi connectivity index (χ0) is 22.4. The van der Waals surface area contributed by atoms with Gasteiger partial charge in [0.1, 0.15) is 11.9 Å². The van der Waals surface area contributed by atoms with Crippen LogP contribution in [0.2, 0.25) is 0 Å². The van der Waals surface area contributed by atoms with E-state index in [1.165, 1.54) is 17.3 Å². The molecule has 1 atom stereocenters. The van der Waals surface area contributed by atoms with Crippen molar-refractivity contribution >= 4 is 21.8 Å². The van der Waals surface area contributed by atoms with Crippen molar-refractivity contribution in [1.82, 2.24) is 14.9 Å². The van der Waals surface area contributed by atoms with E-state index in [1.54, 1.807) is 48.5 Å². The van der Waals surface area contributed by atoms with Crippen LogP contribution in [0.1, 0.15) is 25.3 Å². The zero-order valence-electron chi connectivity index (χ0n) is 17.3. The van der Waals surface area contributed by atoms with Gasteiger partial charge in [-0.2, -0.15) is 4.31 Å². The number of piperidine rings is 1. The van der Waals surface area contributed by atoms with Crippen molar-refractivity contribution < 1.29 is 22.4 Å². The van der Waals surface area contributed by atoms with Gasteiger partial charge in [0.25, 0.3) is 0 Å². The van der Waals surface area contributed by atoms with Crippen LogP contribution in [0.5, 0.6) is 0 Å². The molecule has 0 bridgehead atoms. The molecular formula is C22H26FN3O4S. The van der Waals surface area contributed by atoms with Gasteiger partial charge >= 0.3 is 0 Å². The number of carbonyl (C=O) groups excluding carboxylic acids is 2. The highest BCUT2D eigenvalue weighted by atomic mass is 32.2. The minimum Gasteiger partial charge on any atom is -0.351 e. The number of benzene rings is 2. The fourth-order valence-corrected chi connectivity index (χ4v) is 5.11. The number of sulfonamides is 1. The summed E-state index contributed by atoms with van der Waals surface area (Å²) in [5, 5.41) is 5.45. The fraction of sp³-hybridized carbons (Fsp3) is 0.364. The van der Waals surface area contributed by atoms with E-state index < -0.39 is 27.8 Å². The first kappa shape index (κ1) is 22.9. The average molecular weight is 448 g/mol. The Labute approximate surface area is 181 Å². The summed E-state index contributed by atoms with van der Waals surface area (Å²) in [7, 11) is -3.57. The highest BCUT2D eigenvalue weighted by Crippen LogP contribution is 2.20. The molecule has 31 heavy (non-hydrogen) atoms. The molecule has 0 unspecified atom stereocenters. The lowest BCUT2D eigenvalue weighted by molar-refractivity contribution is -0.128. The zero-order valence-corrected chi connectivity index (χ0v) is 18.1. The third kappa shape index (κ3) is 5.89. The fourth-order valence-electron chi connectivity index (χ4n) is 3.62. The first-order valence-electron chi connectivity index (χ1n) is 10.1. The molecule has 9 heteroatoms. The molecule has 1 aliphatic rings. The molecule has 166 valence electrons. The highest BCUT2D eigenvalue weighted by molar-refractivity contribution is 7.89. The van der Waals surface area contributed by atoms with Crippen molar-refractivity contribution in [2.75, 3.05) is 13.1 Å². The van der Waals surface area contributed by atoms with E-state index in [4.69, 9.17) is 0 Å². The van der Waals surface area contributed by atoms with Crippen molar-refractivity contribution in [3.63, 3.8) is 0 Å². The second-order valence-electron chi connectivity index (χ2n) is 7.55. The number of rotatable bonds is 7. The summed E-state index contributed by atoms with van der Waals surface area (Å²) in [6.45, 7) is 1.86. The van der Waals surface area contributed by atoms with Crippen LogP contribution < -0.4 is 10.6 Å². The summed E-state index contributed by atoms with van der Waals surface area (Å²) in [6.07, 6.45) is 0.925. The smallest absolute Gasteiger partial charge is 0.243 e. The second kappa shape index (κ2) is 10.0. The molecule has 2 N–H and O–H groups in total. The lowest BCUT2D eigenvalue weighted by Gasteiger charge is -2.32. The monoisotopic (exact) mass is 447 g/mol. The summed E-state index contributed by atoms with van der Waals surface area (Å²) < 4.78 is 40.9.